The fraction of sp³-hybridized carbons (Fsp3) is 0.167. The van der Waals surface area contributed by atoms with Crippen LogP contribution in [0.2, 0.25) is 6.82 Å². The SMILES string of the molecule is C=C/C=C\C=C(/BC)c1nc(-c2ccccc2)nc(-c2ccc3sc(C(/C=C(C)/C(C)=C/C=c4/c(C)c(/C=C\C)c(/C=C\C)c(C)c4=C)=C/C)nc3c2)n1. The molecule has 270 valence electrons. The van der Waals surface area contributed by atoms with E-state index in [1.807, 2.05) is 48.6 Å². The Morgan fingerprint density at radius 1 is 0.778 bits per heavy atom. The van der Waals surface area contributed by atoms with E-state index in [4.69, 9.17) is 19.9 Å². The molecule has 0 amide bonds. The number of hydrogen-bond donors (Lipinski definition) is 0. The van der Waals surface area contributed by atoms with Crippen LogP contribution in [0.3, 0.4) is 0 Å². The maximum absolute atomic E-state index is 5.12. The Kier molecular flexibility index (Phi) is 13.4. The third-order valence-corrected chi connectivity index (χ3v) is 10.6. The zero-order valence-electron chi connectivity index (χ0n) is 32.9. The summed E-state index contributed by atoms with van der Waals surface area (Å²) in [5.41, 5.74) is 12.1. The number of rotatable bonds is 12. The summed E-state index contributed by atoms with van der Waals surface area (Å²) in [6.45, 7) is 25.2. The van der Waals surface area contributed by atoms with Gasteiger partial charge in [0, 0.05) is 16.7 Å². The van der Waals surface area contributed by atoms with Crippen LogP contribution in [-0.2, 0) is 0 Å². The van der Waals surface area contributed by atoms with Gasteiger partial charge in [0.1, 0.15) is 5.01 Å². The Morgan fingerprint density at radius 2 is 1.46 bits per heavy atom. The Morgan fingerprint density at radius 3 is 2.11 bits per heavy atom. The molecule has 2 aromatic heterocycles. The standard InChI is InChI=1S/C48H49BN4S/c1-11-15-17-24-42(49-10)47-52-45(37-22-18-16-19-23-37)51-46(53-47)38-26-28-44-43(30-38)50-48(54-44)36(14-4)29-32(6)31(5)25-27-39-33(7)34(8)40(20-12-2)41(21-13-3)35(39)9/h11-30,49H,1,7H2,2-6,8-10H3/b17-15-,20-12-,21-13-,31-25+,32-29+,36-14+,39-27+,42-24-. The van der Waals surface area contributed by atoms with Crippen LogP contribution < -0.4 is 10.4 Å². The van der Waals surface area contributed by atoms with Gasteiger partial charge in [-0.1, -0.05) is 117 Å². The summed E-state index contributed by atoms with van der Waals surface area (Å²) in [7, 11) is 0.775. The molecule has 0 radical (unpaired) electrons. The molecule has 6 heteroatoms. The van der Waals surface area contributed by atoms with Crippen LogP contribution in [-0.4, -0.2) is 27.2 Å². The van der Waals surface area contributed by atoms with Gasteiger partial charge in [-0.3, -0.25) is 0 Å². The molecule has 0 atom stereocenters. The Labute approximate surface area is 325 Å². The van der Waals surface area contributed by atoms with Crippen LogP contribution in [0.5, 0.6) is 0 Å². The monoisotopic (exact) mass is 724 g/mol. The average Bonchev–Trinajstić information content (AvgIpc) is 3.62. The predicted molar refractivity (Wildman–Crippen MR) is 240 cm³/mol. The Hall–Kier alpha value is -5.72. The minimum atomic E-state index is 0.617. The zero-order valence-corrected chi connectivity index (χ0v) is 33.7. The molecule has 5 rings (SSSR count). The van der Waals surface area contributed by atoms with Crippen molar-refractivity contribution >= 4 is 64.7 Å². The van der Waals surface area contributed by atoms with Crippen molar-refractivity contribution in [1.82, 2.24) is 19.9 Å². The molecule has 0 unspecified atom stereocenters. The topological polar surface area (TPSA) is 51.6 Å². The lowest BCUT2D eigenvalue weighted by Crippen LogP contribution is -2.30. The first-order valence-electron chi connectivity index (χ1n) is 18.5. The third kappa shape index (κ3) is 8.90. The molecule has 0 aliphatic heterocycles. The summed E-state index contributed by atoms with van der Waals surface area (Å²) >= 11 is 1.69. The molecule has 4 nitrogen and oxygen atoms in total. The summed E-state index contributed by atoms with van der Waals surface area (Å²) in [6, 6.07) is 16.3. The molecule has 0 aliphatic carbocycles. The quantitative estimate of drug-likeness (QED) is 0.0950. The lowest BCUT2D eigenvalue weighted by molar-refractivity contribution is 1.04. The second-order valence-electron chi connectivity index (χ2n) is 13.1. The molecular weight excluding hydrogens is 675 g/mol. The summed E-state index contributed by atoms with van der Waals surface area (Å²) in [5, 5.41) is 3.20. The normalized spacial score (nSPS) is 13.7. The zero-order chi connectivity index (χ0) is 38.8. The van der Waals surface area contributed by atoms with E-state index in [0.29, 0.717) is 17.5 Å². The van der Waals surface area contributed by atoms with Gasteiger partial charge in [0.25, 0.3) is 0 Å². The summed E-state index contributed by atoms with van der Waals surface area (Å²) in [6.07, 6.45) is 25.0. The highest BCUT2D eigenvalue weighted by atomic mass is 32.1. The second-order valence-corrected chi connectivity index (χ2v) is 14.1. The average molecular weight is 725 g/mol. The van der Waals surface area contributed by atoms with E-state index in [-0.39, 0.29) is 0 Å². The van der Waals surface area contributed by atoms with Gasteiger partial charge >= 0.3 is 0 Å². The highest BCUT2D eigenvalue weighted by Gasteiger charge is 2.15. The van der Waals surface area contributed by atoms with Gasteiger partial charge in [0.15, 0.2) is 24.8 Å². The van der Waals surface area contributed by atoms with Crippen molar-refractivity contribution in [2.24, 2.45) is 0 Å². The van der Waals surface area contributed by atoms with Crippen LogP contribution in [0, 0.1) is 13.8 Å². The van der Waals surface area contributed by atoms with Crippen LogP contribution in [0.1, 0.15) is 67.7 Å². The summed E-state index contributed by atoms with van der Waals surface area (Å²) < 4.78 is 1.10. The van der Waals surface area contributed by atoms with Crippen LogP contribution in [0.15, 0.2) is 121 Å². The van der Waals surface area contributed by atoms with E-state index in [1.165, 1.54) is 38.6 Å². The van der Waals surface area contributed by atoms with Crippen LogP contribution in [0.4, 0.5) is 0 Å². The maximum Gasteiger partial charge on any atom is 0.164 e. The molecule has 0 aliphatic rings. The molecule has 0 fully saturated rings. The van der Waals surface area contributed by atoms with E-state index in [1.54, 1.807) is 17.4 Å². The lowest BCUT2D eigenvalue weighted by Gasteiger charge is -2.12. The van der Waals surface area contributed by atoms with E-state index >= 15 is 0 Å². The van der Waals surface area contributed by atoms with Crippen molar-refractivity contribution < 1.29 is 0 Å². The molecule has 54 heavy (non-hydrogen) atoms. The van der Waals surface area contributed by atoms with Gasteiger partial charge in [-0.25, -0.2) is 19.9 Å². The summed E-state index contributed by atoms with van der Waals surface area (Å²) in [4.78, 5) is 19.9. The first-order valence-corrected chi connectivity index (χ1v) is 19.3. The third-order valence-electron chi connectivity index (χ3n) is 9.52. The number of hydrogen-bond acceptors (Lipinski definition) is 5. The fourth-order valence-corrected chi connectivity index (χ4v) is 7.23. The van der Waals surface area contributed by atoms with E-state index < -0.39 is 0 Å². The van der Waals surface area contributed by atoms with Crippen LogP contribution in [0.25, 0.3) is 68.8 Å². The number of thiazole rings is 1. The summed E-state index contributed by atoms with van der Waals surface area (Å²) in [5.74, 6) is 1.92. The van der Waals surface area contributed by atoms with Gasteiger partial charge in [0.2, 0.25) is 0 Å². The molecule has 0 saturated carbocycles. The van der Waals surface area contributed by atoms with E-state index in [0.717, 1.165) is 49.9 Å². The lowest BCUT2D eigenvalue weighted by atomic mass is 9.71. The minimum Gasteiger partial charge on any atom is -0.236 e. The van der Waals surface area contributed by atoms with Gasteiger partial charge in [-0.15, -0.1) is 11.3 Å². The first kappa shape index (κ1) is 39.5. The maximum atomic E-state index is 5.12. The van der Waals surface area contributed by atoms with Gasteiger partial charge in [0.05, 0.1) is 10.2 Å². The van der Waals surface area contributed by atoms with Crippen molar-refractivity contribution in [1.29, 1.82) is 0 Å². The van der Waals surface area contributed by atoms with Gasteiger partial charge in [-0.05, 0) is 122 Å². The van der Waals surface area contributed by atoms with Crippen molar-refractivity contribution in [2.45, 2.75) is 55.3 Å². The molecule has 2 heterocycles. The Bertz CT molecular complexity index is 2530. The Balaban J connectivity index is 1.52. The molecule has 0 bridgehead atoms. The van der Waals surface area contributed by atoms with E-state index in [2.05, 4.69) is 135 Å². The highest BCUT2D eigenvalue weighted by Crippen LogP contribution is 2.32. The fourth-order valence-electron chi connectivity index (χ4n) is 6.24. The van der Waals surface area contributed by atoms with Crippen molar-refractivity contribution in [2.75, 3.05) is 0 Å². The molecule has 0 spiro atoms. The minimum absolute atomic E-state index is 0.617. The molecule has 3 aromatic carbocycles. The number of fused-ring (bicyclic) bond motifs is 1. The van der Waals surface area contributed by atoms with Crippen molar-refractivity contribution in [3.05, 3.63) is 164 Å². The number of aromatic nitrogens is 4. The van der Waals surface area contributed by atoms with Gasteiger partial charge in [-0.2, -0.15) is 0 Å². The highest BCUT2D eigenvalue weighted by molar-refractivity contribution is 7.19. The smallest absolute Gasteiger partial charge is 0.164 e. The molecule has 5 aromatic rings. The predicted octanol–water partition coefficient (Wildman–Crippen LogP) is 11.3. The molecular formula is C48H49BN4S. The number of nitrogens with zero attached hydrogens (tertiary/aromatic N) is 4. The molecule has 0 saturated heterocycles. The largest absolute Gasteiger partial charge is 0.236 e. The van der Waals surface area contributed by atoms with E-state index in [9.17, 15) is 0 Å². The number of allylic oxidation sites excluding steroid dienone is 12. The second kappa shape index (κ2) is 18.4. The first-order chi connectivity index (χ1) is 26.1. The van der Waals surface area contributed by atoms with Crippen LogP contribution >= 0.6 is 11.3 Å². The molecule has 0 N–H and O–H groups in total. The van der Waals surface area contributed by atoms with Gasteiger partial charge < -0.3 is 0 Å². The number of benzene rings is 3. The van der Waals surface area contributed by atoms with Crippen molar-refractivity contribution in [3.8, 4) is 22.8 Å². The van der Waals surface area contributed by atoms with Crippen molar-refractivity contribution in [3.63, 3.8) is 0 Å².